The molecule has 0 fully saturated rings. The summed E-state index contributed by atoms with van der Waals surface area (Å²) in [5.74, 6) is -0.233. The Morgan fingerprint density at radius 2 is 2.00 bits per heavy atom. The molecule has 1 aromatic heterocycles. The van der Waals surface area contributed by atoms with Crippen LogP contribution in [-0.4, -0.2) is 31.2 Å². The molecule has 27 heavy (non-hydrogen) atoms. The number of non-ortho nitro benzene ring substituents is 1. The van der Waals surface area contributed by atoms with Crippen LogP contribution in [0.15, 0.2) is 53.7 Å². The van der Waals surface area contributed by atoms with Gasteiger partial charge in [-0.1, -0.05) is 36.0 Å². The Labute approximate surface area is 158 Å². The van der Waals surface area contributed by atoms with E-state index in [1.54, 1.807) is 22.8 Å². The third-order valence-corrected chi connectivity index (χ3v) is 4.83. The number of nitro groups is 1. The Kier molecular flexibility index (Phi) is 5.60. The number of nitrogens with zero attached hydrogens (tertiary/aromatic N) is 4. The Bertz CT molecular complexity index is 1010. The number of rotatable bonds is 7. The Hall–Kier alpha value is -3.07. The molecule has 0 spiro atoms. The molecule has 0 bridgehead atoms. The van der Waals surface area contributed by atoms with Crippen LogP contribution < -0.4 is 0 Å². The van der Waals surface area contributed by atoms with E-state index in [1.807, 2.05) is 6.92 Å². The Morgan fingerprint density at radius 1 is 1.22 bits per heavy atom. The molecule has 0 aliphatic heterocycles. The quantitative estimate of drug-likeness (QED) is 0.264. The highest BCUT2D eigenvalue weighted by molar-refractivity contribution is 7.99. The van der Waals surface area contributed by atoms with E-state index in [4.69, 9.17) is 0 Å². The average Bonchev–Trinajstić information content (AvgIpc) is 3.09. The highest BCUT2D eigenvalue weighted by Crippen LogP contribution is 2.26. The van der Waals surface area contributed by atoms with Crippen LogP contribution in [0.1, 0.15) is 17.3 Å². The first-order valence-electron chi connectivity index (χ1n) is 8.09. The molecule has 0 aliphatic carbocycles. The number of aromatic nitrogens is 3. The smallest absolute Gasteiger partial charge is 0.270 e. The van der Waals surface area contributed by atoms with Crippen molar-refractivity contribution in [3.63, 3.8) is 0 Å². The van der Waals surface area contributed by atoms with Gasteiger partial charge in [-0.2, -0.15) is 0 Å². The monoisotopic (exact) mass is 386 g/mol. The lowest BCUT2D eigenvalue weighted by Gasteiger charge is -2.07. The zero-order chi connectivity index (χ0) is 19.4. The van der Waals surface area contributed by atoms with Gasteiger partial charge in [0.1, 0.15) is 5.82 Å². The van der Waals surface area contributed by atoms with Crippen LogP contribution in [0.5, 0.6) is 0 Å². The van der Waals surface area contributed by atoms with Crippen molar-refractivity contribution in [1.82, 2.24) is 14.8 Å². The summed E-state index contributed by atoms with van der Waals surface area (Å²) >= 11 is 1.16. The van der Waals surface area contributed by atoms with E-state index in [0.29, 0.717) is 23.1 Å². The lowest BCUT2D eigenvalue weighted by Crippen LogP contribution is -2.06. The van der Waals surface area contributed by atoms with Gasteiger partial charge >= 0.3 is 0 Å². The minimum Gasteiger partial charge on any atom is -0.302 e. The molecule has 9 heteroatoms. The zero-order valence-corrected chi connectivity index (χ0v) is 15.1. The summed E-state index contributed by atoms with van der Waals surface area (Å²) < 4.78 is 15.8. The van der Waals surface area contributed by atoms with Gasteiger partial charge in [-0.15, -0.1) is 10.2 Å². The third kappa shape index (κ3) is 4.03. The normalized spacial score (nSPS) is 10.7. The number of nitro benzene ring substituents is 1. The highest BCUT2D eigenvalue weighted by Gasteiger charge is 2.18. The Morgan fingerprint density at radius 3 is 2.70 bits per heavy atom. The molecule has 138 valence electrons. The molecule has 0 unspecified atom stereocenters. The van der Waals surface area contributed by atoms with Gasteiger partial charge in [-0.05, 0) is 19.1 Å². The molecule has 2 aromatic carbocycles. The second kappa shape index (κ2) is 8.09. The molecule has 0 amide bonds. The largest absolute Gasteiger partial charge is 0.302 e. The fraction of sp³-hybridized carbons (Fsp3) is 0.167. The standard InChI is InChI=1S/C18H15FN4O3S/c1-2-22-17(14-8-3-4-9-15(14)19)20-21-18(22)27-11-16(24)12-6-5-7-13(10-12)23(25)26/h3-10H,2,11H2,1H3. The molecular formula is C18H15FN4O3S. The van der Waals surface area contributed by atoms with Crippen LogP contribution in [0.25, 0.3) is 11.4 Å². The van der Waals surface area contributed by atoms with E-state index in [1.165, 1.54) is 30.3 Å². The summed E-state index contributed by atoms with van der Waals surface area (Å²) in [5, 5.41) is 19.4. The van der Waals surface area contributed by atoms with Gasteiger partial charge in [0.25, 0.3) is 5.69 Å². The average molecular weight is 386 g/mol. The summed E-state index contributed by atoms with van der Waals surface area (Å²) in [4.78, 5) is 22.7. The number of hydrogen-bond acceptors (Lipinski definition) is 6. The summed E-state index contributed by atoms with van der Waals surface area (Å²) in [6.45, 7) is 2.38. The minimum absolute atomic E-state index is 0.0383. The number of Topliss-reactive ketones (excluding diaryl/α,β-unsaturated/α-hetero) is 1. The summed E-state index contributed by atoms with van der Waals surface area (Å²) in [6, 6.07) is 11.9. The van der Waals surface area contributed by atoms with Crippen molar-refractivity contribution in [1.29, 1.82) is 0 Å². The van der Waals surface area contributed by atoms with E-state index in [0.717, 1.165) is 11.8 Å². The topological polar surface area (TPSA) is 90.9 Å². The second-order valence-corrected chi connectivity index (χ2v) is 6.49. The lowest BCUT2D eigenvalue weighted by atomic mass is 10.1. The summed E-state index contributed by atoms with van der Waals surface area (Å²) in [6.07, 6.45) is 0. The second-order valence-electron chi connectivity index (χ2n) is 5.55. The SMILES string of the molecule is CCn1c(SCC(=O)c2cccc([N+](=O)[O-])c2)nnc1-c1ccccc1F. The van der Waals surface area contributed by atoms with Crippen molar-refractivity contribution in [3.8, 4) is 11.4 Å². The highest BCUT2D eigenvalue weighted by atomic mass is 32.2. The van der Waals surface area contributed by atoms with E-state index in [9.17, 15) is 19.3 Å². The molecule has 7 nitrogen and oxygen atoms in total. The number of benzene rings is 2. The lowest BCUT2D eigenvalue weighted by molar-refractivity contribution is -0.384. The number of carbonyl (C=O) groups is 1. The van der Waals surface area contributed by atoms with Crippen LogP contribution in [0.4, 0.5) is 10.1 Å². The fourth-order valence-corrected chi connectivity index (χ4v) is 3.43. The van der Waals surface area contributed by atoms with Crippen LogP contribution in [-0.2, 0) is 6.54 Å². The maximum atomic E-state index is 14.0. The van der Waals surface area contributed by atoms with Crippen molar-refractivity contribution in [2.24, 2.45) is 0 Å². The van der Waals surface area contributed by atoms with Crippen molar-refractivity contribution in [3.05, 3.63) is 70.0 Å². The van der Waals surface area contributed by atoms with E-state index in [2.05, 4.69) is 10.2 Å². The van der Waals surface area contributed by atoms with Gasteiger partial charge in [0, 0.05) is 24.2 Å². The van der Waals surface area contributed by atoms with Crippen molar-refractivity contribution in [2.45, 2.75) is 18.6 Å². The maximum absolute atomic E-state index is 14.0. The summed E-state index contributed by atoms with van der Waals surface area (Å²) in [5.41, 5.74) is 0.460. The van der Waals surface area contributed by atoms with Crippen LogP contribution in [0.3, 0.4) is 0 Å². The first kappa shape index (κ1) is 18.7. The minimum atomic E-state index is -0.543. The predicted molar refractivity (Wildman–Crippen MR) is 99.2 cm³/mol. The van der Waals surface area contributed by atoms with E-state index < -0.39 is 10.7 Å². The summed E-state index contributed by atoms with van der Waals surface area (Å²) in [7, 11) is 0. The molecule has 1 heterocycles. The van der Waals surface area contributed by atoms with E-state index in [-0.39, 0.29) is 22.8 Å². The van der Waals surface area contributed by atoms with Gasteiger partial charge < -0.3 is 4.57 Å². The van der Waals surface area contributed by atoms with Gasteiger partial charge in [0.15, 0.2) is 16.8 Å². The van der Waals surface area contributed by atoms with Crippen molar-refractivity contribution < 1.29 is 14.1 Å². The molecule has 0 atom stereocenters. The van der Waals surface area contributed by atoms with Gasteiger partial charge in [0.2, 0.25) is 0 Å². The molecule has 0 saturated carbocycles. The molecular weight excluding hydrogens is 371 g/mol. The molecule has 3 aromatic rings. The van der Waals surface area contributed by atoms with Gasteiger partial charge in [-0.3, -0.25) is 14.9 Å². The molecule has 0 saturated heterocycles. The van der Waals surface area contributed by atoms with Crippen LogP contribution >= 0.6 is 11.8 Å². The first-order chi connectivity index (χ1) is 13.0. The van der Waals surface area contributed by atoms with Gasteiger partial charge in [-0.25, -0.2) is 4.39 Å². The number of halogens is 1. The third-order valence-electron chi connectivity index (χ3n) is 3.86. The molecule has 0 aliphatic rings. The molecule has 0 N–H and O–H groups in total. The number of hydrogen-bond donors (Lipinski definition) is 0. The Balaban J connectivity index is 1.79. The number of thioether (sulfide) groups is 1. The fourth-order valence-electron chi connectivity index (χ4n) is 2.53. The van der Waals surface area contributed by atoms with Gasteiger partial charge in [0.05, 0.1) is 16.2 Å². The number of carbonyl (C=O) groups excluding carboxylic acids is 1. The van der Waals surface area contributed by atoms with Crippen molar-refractivity contribution in [2.75, 3.05) is 5.75 Å². The van der Waals surface area contributed by atoms with Crippen molar-refractivity contribution >= 4 is 23.2 Å². The van der Waals surface area contributed by atoms with E-state index >= 15 is 0 Å². The zero-order valence-electron chi connectivity index (χ0n) is 14.3. The number of ketones is 1. The first-order valence-corrected chi connectivity index (χ1v) is 9.08. The molecule has 0 radical (unpaired) electrons. The predicted octanol–water partition coefficient (Wildman–Crippen LogP) is 3.99. The van der Waals surface area contributed by atoms with Crippen LogP contribution in [0.2, 0.25) is 0 Å². The van der Waals surface area contributed by atoms with Crippen LogP contribution in [0, 0.1) is 15.9 Å². The maximum Gasteiger partial charge on any atom is 0.270 e. The molecule has 3 rings (SSSR count).